The van der Waals surface area contributed by atoms with Crippen LogP contribution in [0.1, 0.15) is 22.8 Å². The number of rotatable bonds is 6. The van der Waals surface area contributed by atoms with Crippen molar-refractivity contribution < 1.29 is 23.5 Å². The molecule has 0 saturated carbocycles. The predicted molar refractivity (Wildman–Crippen MR) is 88.3 cm³/mol. The second kappa shape index (κ2) is 7.59. The van der Waals surface area contributed by atoms with Crippen molar-refractivity contribution in [2.45, 2.75) is 13.8 Å². The van der Waals surface area contributed by atoms with Crippen LogP contribution in [0.2, 0.25) is 0 Å². The topological polar surface area (TPSA) is 64.6 Å². The molecule has 0 saturated heterocycles. The molecule has 0 aliphatic carbocycles. The van der Waals surface area contributed by atoms with E-state index in [1.165, 1.54) is 32.2 Å². The number of nitrogens with one attached hydrogen (secondary N) is 1. The molecular formula is C18H18FNO4. The smallest absolute Gasteiger partial charge is 0.262 e. The van der Waals surface area contributed by atoms with Crippen LogP contribution < -0.4 is 14.8 Å². The molecule has 1 amide bonds. The van der Waals surface area contributed by atoms with Crippen molar-refractivity contribution in [3.05, 3.63) is 53.3 Å². The van der Waals surface area contributed by atoms with Crippen molar-refractivity contribution in [2.24, 2.45) is 0 Å². The monoisotopic (exact) mass is 331 g/mol. The molecule has 0 radical (unpaired) electrons. The summed E-state index contributed by atoms with van der Waals surface area (Å²) < 4.78 is 24.2. The molecule has 5 nitrogen and oxygen atoms in total. The molecule has 0 spiro atoms. The minimum atomic E-state index is -0.508. The SMILES string of the molecule is COc1cc(C(C)=O)ccc1OCC(=O)Nc1ccc(C)cc1F. The summed E-state index contributed by atoms with van der Waals surface area (Å²) in [6.07, 6.45) is 0. The Bertz CT molecular complexity index is 774. The van der Waals surface area contributed by atoms with Gasteiger partial charge in [0, 0.05) is 5.56 Å². The minimum Gasteiger partial charge on any atom is -0.493 e. The van der Waals surface area contributed by atoms with Crippen LogP contribution in [0.4, 0.5) is 10.1 Å². The number of benzene rings is 2. The zero-order valence-corrected chi connectivity index (χ0v) is 13.7. The maximum atomic E-state index is 13.7. The summed E-state index contributed by atoms with van der Waals surface area (Å²) in [6, 6.07) is 9.19. The highest BCUT2D eigenvalue weighted by Gasteiger charge is 2.12. The largest absolute Gasteiger partial charge is 0.493 e. The predicted octanol–water partition coefficient (Wildman–Crippen LogP) is 3.36. The molecule has 0 bridgehead atoms. The number of anilines is 1. The second-order valence-corrected chi connectivity index (χ2v) is 5.24. The van der Waals surface area contributed by atoms with Gasteiger partial charge in [0.15, 0.2) is 23.9 Å². The maximum Gasteiger partial charge on any atom is 0.262 e. The van der Waals surface area contributed by atoms with Gasteiger partial charge in [0.05, 0.1) is 12.8 Å². The Morgan fingerprint density at radius 3 is 2.50 bits per heavy atom. The summed E-state index contributed by atoms with van der Waals surface area (Å²) >= 11 is 0. The summed E-state index contributed by atoms with van der Waals surface area (Å²) in [6.45, 7) is 2.89. The van der Waals surface area contributed by atoms with Crippen molar-refractivity contribution in [3.8, 4) is 11.5 Å². The van der Waals surface area contributed by atoms with Crippen molar-refractivity contribution in [1.29, 1.82) is 0 Å². The van der Waals surface area contributed by atoms with Crippen LogP contribution in [-0.2, 0) is 4.79 Å². The first-order valence-corrected chi connectivity index (χ1v) is 7.28. The highest BCUT2D eigenvalue weighted by Crippen LogP contribution is 2.28. The van der Waals surface area contributed by atoms with E-state index < -0.39 is 11.7 Å². The maximum absolute atomic E-state index is 13.7. The van der Waals surface area contributed by atoms with Gasteiger partial charge >= 0.3 is 0 Å². The molecule has 0 fully saturated rings. The number of carbonyl (C=O) groups excluding carboxylic acids is 2. The van der Waals surface area contributed by atoms with Gasteiger partial charge < -0.3 is 14.8 Å². The zero-order chi connectivity index (χ0) is 17.7. The zero-order valence-electron chi connectivity index (χ0n) is 13.7. The third-order valence-electron chi connectivity index (χ3n) is 3.33. The summed E-state index contributed by atoms with van der Waals surface area (Å²) in [5, 5.41) is 2.44. The lowest BCUT2D eigenvalue weighted by Crippen LogP contribution is -2.21. The van der Waals surface area contributed by atoms with Crippen LogP contribution in [0.3, 0.4) is 0 Å². The Balaban J connectivity index is 2.02. The second-order valence-electron chi connectivity index (χ2n) is 5.24. The summed E-state index contributed by atoms with van der Waals surface area (Å²) in [4.78, 5) is 23.3. The summed E-state index contributed by atoms with van der Waals surface area (Å²) in [7, 11) is 1.44. The van der Waals surface area contributed by atoms with Crippen LogP contribution in [0.5, 0.6) is 11.5 Å². The Labute approximate surface area is 139 Å². The van der Waals surface area contributed by atoms with E-state index in [0.29, 0.717) is 17.1 Å². The van der Waals surface area contributed by atoms with Crippen LogP contribution in [0, 0.1) is 12.7 Å². The number of ketones is 1. The first kappa shape index (κ1) is 17.5. The van der Waals surface area contributed by atoms with Gasteiger partial charge in [-0.15, -0.1) is 0 Å². The van der Waals surface area contributed by atoms with E-state index in [1.54, 1.807) is 25.1 Å². The Morgan fingerprint density at radius 1 is 1.12 bits per heavy atom. The van der Waals surface area contributed by atoms with E-state index in [9.17, 15) is 14.0 Å². The molecule has 1 N–H and O–H groups in total. The average molecular weight is 331 g/mol. The quantitative estimate of drug-likeness (QED) is 0.824. The normalized spacial score (nSPS) is 10.2. The average Bonchev–Trinajstić information content (AvgIpc) is 2.55. The first-order valence-electron chi connectivity index (χ1n) is 7.28. The van der Waals surface area contributed by atoms with E-state index in [4.69, 9.17) is 9.47 Å². The molecule has 0 aromatic heterocycles. The number of ether oxygens (including phenoxy) is 2. The molecule has 0 aliphatic rings. The fourth-order valence-electron chi connectivity index (χ4n) is 2.06. The third kappa shape index (κ3) is 4.32. The molecule has 0 heterocycles. The molecule has 0 aliphatic heterocycles. The number of amides is 1. The van der Waals surface area contributed by atoms with Crippen molar-refractivity contribution >= 4 is 17.4 Å². The first-order chi connectivity index (χ1) is 11.4. The number of carbonyl (C=O) groups is 2. The number of hydrogen-bond donors (Lipinski definition) is 1. The fraction of sp³-hybridized carbons (Fsp3) is 0.222. The lowest BCUT2D eigenvalue weighted by molar-refractivity contribution is -0.118. The van der Waals surface area contributed by atoms with Crippen LogP contribution in [-0.4, -0.2) is 25.4 Å². The van der Waals surface area contributed by atoms with Crippen molar-refractivity contribution in [1.82, 2.24) is 0 Å². The highest BCUT2D eigenvalue weighted by atomic mass is 19.1. The number of halogens is 1. The molecule has 126 valence electrons. The number of methoxy groups -OCH3 is 1. The van der Waals surface area contributed by atoms with Crippen molar-refractivity contribution in [3.63, 3.8) is 0 Å². The number of Topliss-reactive ketones (excluding diaryl/α,β-unsaturated/α-hetero) is 1. The summed E-state index contributed by atoms with van der Waals surface area (Å²) in [5.74, 6) is -0.450. The van der Waals surface area contributed by atoms with Gasteiger partial charge in [-0.1, -0.05) is 6.07 Å². The highest BCUT2D eigenvalue weighted by molar-refractivity contribution is 5.95. The van der Waals surface area contributed by atoms with Gasteiger partial charge in [-0.2, -0.15) is 0 Å². The van der Waals surface area contributed by atoms with Crippen molar-refractivity contribution in [2.75, 3.05) is 19.0 Å². The van der Waals surface area contributed by atoms with Crippen LogP contribution >= 0.6 is 0 Å². The Hall–Kier alpha value is -2.89. The van der Waals surface area contributed by atoms with E-state index in [2.05, 4.69) is 5.32 Å². The van der Waals surface area contributed by atoms with Gasteiger partial charge in [-0.25, -0.2) is 4.39 Å². The fourth-order valence-corrected chi connectivity index (χ4v) is 2.06. The Kier molecular flexibility index (Phi) is 5.52. The van der Waals surface area contributed by atoms with Crippen LogP contribution in [0.25, 0.3) is 0 Å². The third-order valence-corrected chi connectivity index (χ3v) is 3.33. The van der Waals surface area contributed by atoms with E-state index in [-0.39, 0.29) is 18.1 Å². The molecule has 2 aromatic rings. The molecule has 6 heteroatoms. The molecule has 0 atom stereocenters. The van der Waals surface area contributed by atoms with E-state index in [1.807, 2.05) is 0 Å². The standard InChI is InChI=1S/C18H18FNO4/c1-11-4-6-15(14(19)8-11)20-18(22)10-24-16-7-5-13(12(2)21)9-17(16)23-3/h4-9H,10H2,1-3H3,(H,20,22). The molecule has 2 aromatic carbocycles. The van der Waals surface area contributed by atoms with Gasteiger partial charge in [-0.05, 0) is 49.7 Å². The lowest BCUT2D eigenvalue weighted by Gasteiger charge is -2.12. The molecule has 0 unspecified atom stereocenters. The lowest BCUT2D eigenvalue weighted by atomic mass is 10.1. The minimum absolute atomic E-state index is 0.0908. The van der Waals surface area contributed by atoms with Gasteiger partial charge in [0.1, 0.15) is 5.82 Å². The van der Waals surface area contributed by atoms with Gasteiger partial charge in [0.2, 0.25) is 0 Å². The van der Waals surface area contributed by atoms with Gasteiger partial charge in [0.25, 0.3) is 5.91 Å². The summed E-state index contributed by atoms with van der Waals surface area (Å²) in [5.41, 5.74) is 1.33. The Morgan fingerprint density at radius 2 is 1.88 bits per heavy atom. The number of aryl methyl sites for hydroxylation is 1. The molecular weight excluding hydrogens is 313 g/mol. The number of hydrogen-bond acceptors (Lipinski definition) is 4. The molecule has 2 rings (SSSR count). The van der Waals surface area contributed by atoms with Gasteiger partial charge in [-0.3, -0.25) is 9.59 Å². The molecule has 24 heavy (non-hydrogen) atoms. The van der Waals surface area contributed by atoms with E-state index >= 15 is 0 Å². The van der Waals surface area contributed by atoms with E-state index in [0.717, 1.165) is 5.56 Å². The van der Waals surface area contributed by atoms with Crippen LogP contribution in [0.15, 0.2) is 36.4 Å².